The van der Waals surface area contributed by atoms with Crippen LogP contribution < -0.4 is 9.47 Å². The first kappa shape index (κ1) is 12.8. The number of hydrogen-bond donors (Lipinski definition) is 0. The highest BCUT2D eigenvalue weighted by Gasteiger charge is 2.14. The van der Waals surface area contributed by atoms with E-state index < -0.39 is 5.97 Å². The van der Waals surface area contributed by atoms with Gasteiger partial charge in [0.2, 0.25) is 0 Å². The minimum Gasteiger partial charge on any atom is -0.495 e. The van der Waals surface area contributed by atoms with Crippen LogP contribution in [0.25, 0.3) is 0 Å². The van der Waals surface area contributed by atoms with Crippen molar-refractivity contribution in [2.24, 2.45) is 0 Å². The van der Waals surface area contributed by atoms with Gasteiger partial charge in [0.25, 0.3) is 0 Å². The highest BCUT2D eigenvalue weighted by atomic mass is 79.9. The third kappa shape index (κ3) is 2.66. The van der Waals surface area contributed by atoms with E-state index in [1.54, 1.807) is 19.1 Å². The largest absolute Gasteiger partial charge is 0.495 e. The van der Waals surface area contributed by atoms with Gasteiger partial charge in [0.1, 0.15) is 16.0 Å². The van der Waals surface area contributed by atoms with Gasteiger partial charge < -0.3 is 14.2 Å². The monoisotopic (exact) mass is 288 g/mol. The van der Waals surface area contributed by atoms with Crippen molar-refractivity contribution in [1.29, 1.82) is 0 Å². The maximum atomic E-state index is 11.5. The third-order valence-corrected chi connectivity index (χ3v) is 2.74. The smallest absolute Gasteiger partial charge is 0.338 e. The fraction of sp³-hybridized carbons (Fsp3) is 0.364. The lowest BCUT2D eigenvalue weighted by molar-refractivity contribution is 0.0525. The van der Waals surface area contributed by atoms with Crippen LogP contribution in [0.5, 0.6) is 11.5 Å². The summed E-state index contributed by atoms with van der Waals surface area (Å²) in [7, 11) is 3.04. The van der Waals surface area contributed by atoms with E-state index in [2.05, 4.69) is 15.9 Å². The molecule has 0 fully saturated rings. The molecule has 88 valence electrons. The number of ether oxygens (including phenoxy) is 3. The molecule has 1 aromatic carbocycles. The molecular weight excluding hydrogens is 276 g/mol. The fourth-order valence-corrected chi connectivity index (χ4v) is 1.75. The molecule has 0 aromatic heterocycles. The Balaban J connectivity index is 3.16. The fourth-order valence-electron chi connectivity index (χ4n) is 1.20. The molecule has 0 spiro atoms. The topological polar surface area (TPSA) is 44.8 Å². The molecule has 0 saturated carbocycles. The second-order valence-corrected chi connectivity index (χ2v) is 3.71. The Kier molecular flexibility index (Phi) is 4.61. The van der Waals surface area contributed by atoms with Gasteiger partial charge >= 0.3 is 5.97 Å². The summed E-state index contributed by atoms with van der Waals surface area (Å²) in [5.41, 5.74) is 0.402. The lowest BCUT2D eigenvalue weighted by Crippen LogP contribution is -2.05. The van der Waals surface area contributed by atoms with Crippen LogP contribution in [0.15, 0.2) is 16.6 Å². The Morgan fingerprint density at radius 3 is 2.12 bits per heavy atom. The number of halogens is 1. The van der Waals surface area contributed by atoms with E-state index in [4.69, 9.17) is 14.2 Å². The van der Waals surface area contributed by atoms with Crippen LogP contribution >= 0.6 is 15.9 Å². The molecule has 0 N–H and O–H groups in total. The van der Waals surface area contributed by atoms with E-state index >= 15 is 0 Å². The highest BCUT2D eigenvalue weighted by molar-refractivity contribution is 9.10. The molecule has 0 atom stereocenters. The van der Waals surface area contributed by atoms with E-state index in [-0.39, 0.29) is 0 Å². The third-order valence-electron chi connectivity index (χ3n) is 1.96. The van der Waals surface area contributed by atoms with Gasteiger partial charge in [0.05, 0.1) is 26.4 Å². The van der Waals surface area contributed by atoms with Gasteiger partial charge in [-0.15, -0.1) is 0 Å². The van der Waals surface area contributed by atoms with Crippen LogP contribution in [-0.2, 0) is 4.74 Å². The first-order chi connectivity index (χ1) is 7.63. The van der Waals surface area contributed by atoms with Crippen molar-refractivity contribution in [3.8, 4) is 11.5 Å². The lowest BCUT2D eigenvalue weighted by atomic mass is 10.2. The zero-order valence-corrected chi connectivity index (χ0v) is 11.0. The van der Waals surface area contributed by atoms with Gasteiger partial charge in [-0.05, 0) is 35.0 Å². The second kappa shape index (κ2) is 5.75. The minimum absolute atomic E-state index is 0.333. The summed E-state index contributed by atoms with van der Waals surface area (Å²) >= 11 is 3.32. The molecule has 0 aliphatic rings. The predicted octanol–water partition coefficient (Wildman–Crippen LogP) is 2.64. The molecule has 0 heterocycles. The Morgan fingerprint density at radius 2 is 1.75 bits per heavy atom. The molecule has 0 amide bonds. The van der Waals surface area contributed by atoms with E-state index in [0.29, 0.717) is 28.1 Å². The van der Waals surface area contributed by atoms with Gasteiger partial charge in [-0.2, -0.15) is 0 Å². The molecule has 1 rings (SSSR count). The molecule has 5 heteroatoms. The molecule has 0 radical (unpaired) electrons. The number of methoxy groups -OCH3 is 2. The second-order valence-electron chi connectivity index (χ2n) is 2.92. The van der Waals surface area contributed by atoms with Gasteiger partial charge in [0.15, 0.2) is 0 Å². The molecular formula is C11H13BrO4. The number of rotatable bonds is 4. The maximum absolute atomic E-state index is 11.5. The van der Waals surface area contributed by atoms with Gasteiger partial charge in [-0.25, -0.2) is 4.79 Å². The zero-order chi connectivity index (χ0) is 12.1. The van der Waals surface area contributed by atoms with Crippen molar-refractivity contribution >= 4 is 21.9 Å². The van der Waals surface area contributed by atoms with Crippen LogP contribution in [0.4, 0.5) is 0 Å². The van der Waals surface area contributed by atoms with E-state index in [1.807, 2.05) is 0 Å². The van der Waals surface area contributed by atoms with Crippen molar-refractivity contribution < 1.29 is 19.0 Å². The van der Waals surface area contributed by atoms with Gasteiger partial charge in [-0.3, -0.25) is 0 Å². The summed E-state index contributed by atoms with van der Waals surface area (Å²) in [5, 5.41) is 0. The Labute approximate surface area is 103 Å². The standard InChI is InChI=1S/C11H13BrO4/c1-4-16-11(13)7-5-8(14-2)10(12)9(6-7)15-3/h5-6H,4H2,1-3H3. The SMILES string of the molecule is CCOC(=O)c1cc(OC)c(Br)c(OC)c1. The normalized spacial score (nSPS) is 9.75. The highest BCUT2D eigenvalue weighted by Crippen LogP contribution is 2.35. The summed E-state index contributed by atoms with van der Waals surface area (Å²) in [6.45, 7) is 2.09. The van der Waals surface area contributed by atoms with Gasteiger partial charge in [-0.1, -0.05) is 0 Å². The van der Waals surface area contributed by atoms with Crippen molar-refractivity contribution in [3.05, 3.63) is 22.2 Å². The molecule has 0 unspecified atom stereocenters. The number of carbonyl (C=O) groups is 1. The molecule has 16 heavy (non-hydrogen) atoms. The van der Waals surface area contributed by atoms with Crippen molar-refractivity contribution in [2.75, 3.05) is 20.8 Å². The van der Waals surface area contributed by atoms with Crippen molar-refractivity contribution in [1.82, 2.24) is 0 Å². The van der Waals surface area contributed by atoms with Crippen LogP contribution in [0.2, 0.25) is 0 Å². The van der Waals surface area contributed by atoms with Gasteiger partial charge in [0, 0.05) is 0 Å². The number of esters is 1. The molecule has 0 bridgehead atoms. The summed E-state index contributed by atoms with van der Waals surface area (Å²) in [5.74, 6) is 0.663. The molecule has 0 aliphatic heterocycles. The van der Waals surface area contributed by atoms with Crippen LogP contribution in [-0.4, -0.2) is 26.8 Å². The molecule has 1 aromatic rings. The van der Waals surface area contributed by atoms with E-state index in [9.17, 15) is 4.79 Å². The minimum atomic E-state index is -0.397. The Hall–Kier alpha value is -1.23. The molecule has 0 saturated heterocycles. The Morgan fingerprint density at radius 1 is 1.25 bits per heavy atom. The number of benzene rings is 1. The van der Waals surface area contributed by atoms with Crippen molar-refractivity contribution in [3.63, 3.8) is 0 Å². The van der Waals surface area contributed by atoms with Crippen molar-refractivity contribution in [2.45, 2.75) is 6.92 Å². The summed E-state index contributed by atoms with van der Waals surface area (Å²) in [4.78, 5) is 11.5. The number of hydrogen-bond acceptors (Lipinski definition) is 4. The molecule has 0 aliphatic carbocycles. The zero-order valence-electron chi connectivity index (χ0n) is 9.37. The number of carbonyl (C=O) groups excluding carboxylic acids is 1. The molecule has 4 nitrogen and oxygen atoms in total. The summed E-state index contributed by atoms with van der Waals surface area (Å²) < 4.78 is 15.8. The maximum Gasteiger partial charge on any atom is 0.338 e. The van der Waals surface area contributed by atoms with Crippen LogP contribution in [0, 0.1) is 0 Å². The van der Waals surface area contributed by atoms with E-state index in [0.717, 1.165) is 0 Å². The first-order valence-corrected chi connectivity index (χ1v) is 5.52. The summed E-state index contributed by atoms with van der Waals surface area (Å²) in [6.07, 6.45) is 0. The quantitative estimate of drug-likeness (QED) is 0.799. The van der Waals surface area contributed by atoms with Crippen LogP contribution in [0.1, 0.15) is 17.3 Å². The van der Waals surface area contributed by atoms with Crippen LogP contribution in [0.3, 0.4) is 0 Å². The summed E-state index contributed by atoms with van der Waals surface area (Å²) in [6, 6.07) is 3.20. The van der Waals surface area contributed by atoms with E-state index in [1.165, 1.54) is 14.2 Å². The first-order valence-electron chi connectivity index (χ1n) is 4.72. The average Bonchev–Trinajstić information content (AvgIpc) is 2.29. The predicted molar refractivity (Wildman–Crippen MR) is 63.2 cm³/mol. The average molecular weight is 289 g/mol. The lowest BCUT2D eigenvalue weighted by Gasteiger charge is -2.10. The Bertz CT molecular complexity index is 365.